The van der Waals surface area contributed by atoms with Gasteiger partial charge in [0, 0.05) is 11.1 Å². The number of imidazole rings is 2. The van der Waals surface area contributed by atoms with E-state index in [4.69, 9.17) is 20.9 Å². The minimum absolute atomic E-state index is 0.316. The van der Waals surface area contributed by atoms with Gasteiger partial charge in [0.05, 0.1) is 49.4 Å². The second kappa shape index (κ2) is 8.60. The molecule has 0 radical (unpaired) electrons. The summed E-state index contributed by atoms with van der Waals surface area (Å²) in [7, 11) is 3.04. The molecule has 32 heavy (non-hydrogen) atoms. The second-order valence-corrected chi connectivity index (χ2v) is 6.77. The normalized spacial score (nSPS) is 10.6. The third-order valence-corrected chi connectivity index (χ3v) is 4.71. The fourth-order valence-corrected chi connectivity index (χ4v) is 3.17. The monoisotopic (exact) mass is 434 g/mol. The molecule has 0 saturated heterocycles. The van der Waals surface area contributed by atoms with E-state index in [2.05, 4.69) is 30.6 Å². The van der Waals surface area contributed by atoms with Crippen LogP contribution in [-0.4, -0.2) is 40.2 Å². The highest BCUT2D eigenvalue weighted by atomic mass is 16.5. The van der Waals surface area contributed by atoms with Gasteiger partial charge in [-0.3, -0.25) is 0 Å². The fourth-order valence-electron chi connectivity index (χ4n) is 3.17. The predicted octanol–water partition coefficient (Wildman–Crippen LogP) is 3.29. The first-order valence-electron chi connectivity index (χ1n) is 9.52. The van der Waals surface area contributed by atoms with Crippen LogP contribution in [0.15, 0.2) is 48.8 Å². The van der Waals surface area contributed by atoms with Crippen molar-refractivity contribution in [3.8, 4) is 34.0 Å². The van der Waals surface area contributed by atoms with Gasteiger partial charge in [0.15, 0.2) is 11.9 Å². The number of amides is 2. The number of carbonyl (C=O) groups excluding carboxylic acids is 1. The quantitative estimate of drug-likeness (QED) is 0.270. The number of nitrogens with two attached hydrogens (primary N) is 2. The van der Waals surface area contributed by atoms with Crippen molar-refractivity contribution in [2.75, 3.05) is 36.3 Å². The molecule has 0 atom stereocenters. The van der Waals surface area contributed by atoms with Crippen molar-refractivity contribution in [2.24, 2.45) is 0 Å². The minimum atomic E-state index is -0.460. The molecule has 0 spiro atoms. The Balaban J connectivity index is 1.51. The SMILES string of the molecule is COc1cc(-c2cnc(N)[nH]2)ccc1NC(=O)Nc1ccc(-c2cnc(N)[nH]2)cc1OC. The molecule has 0 unspecified atom stereocenters. The number of urea groups is 1. The van der Waals surface area contributed by atoms with Gasteiger partial charge >= 0.3 is 6.03 Å². The third-order valence-electron chi connectivity index (χ3n) is 4.71. The molecule has 8 N–H and O–H groups in total. The number of nitrogens with zero attached hydrogens (tertiary/aromatic N) is 2. The van der Waals surface area contributed by atoms with Gasteiger partial charge in [0.1, 0.15) is 11.5 Å². The van der Waals surface area contributed by atoms with Crippen molar-refractivity contribution in [3.05, 3.63) is 48.8 Å². The lowest BCUT2D eigenvalue weighted by Gasteiger charge is -2.14. The van der Waals surface area contributed by atoms with E-state index in [0.717, 1.165) is 22.5 Å². The number of hydrogen-bond donors (Lipinski definition) is 6. The molecular weight excluding hydrogens is 412 g/mol. The molecule has 0 aliphatic heterocycles. The molecular formula is C21H22N8O3. The molecule has 0 aliphatic rings. The number of methoxy groups -OCH3 is 2. The summed E-state index contributed by atoms with van der Waals surface area (Å²) in [6, 6.07) is 10.2. The molecule has 11 heteroatoms. The first-order chi connectivity index (χ1) is 15.5. The molecule has 4 rings (SSSR count). The average molecular weight is 434 g/mol. The van der Waals surface area contributed by atoms with Gasteiger partial charge in [-0.25, -0.2) is 14.8 Å². The number of ether oxygens (including phenoxy) is 2. The zero-order chi connectivity index (χ0) is 22.7. The number of rotatable bonds is 6. The highest BCUT2D eigenvalue weighted by molar-refractivity contribution is 6.02. The fraction of sp³-hybridized carbons (Fsp3) is 0.0952. The van der Waals surface area contributed by atoms with Crippen LogP contribution in [0, 0.1) is 0 Å². The van der Waals surface area contributed by atoms with Gasteiger partial charge in [0.2, 0.25) is 0 Å². The van der Waals surface area contributed by atoms with Crippen LogP contribution < -0.4 is 31.6 Å². The highest BCUT2D eigenvalue weighted by Gasteiger charge is 2.13. The van der Waals surface area contributed by atoms with Crippen molar-refractivity contribution in [1.29, 1.82) is 0 Å². The van der Waals surface area contributed by atoms with E-state index in [1.807, 2.05) is 12.1 Å². The van der Waals surface area contributed by atoms with Crippen LogP contribution in [0.2, 0.25) is 0 Å². The number of hydrogen-bond acceptors (Lipinski definition) is 7. The summed E-state index contributed by atoms with van der Waals surface area (Å²) in [4.78, 5) is 26.5. The molecule has 2 aromatic heterocycles. The number of nitrogen functional groups attached to an aromatic ring is 2. The van der Waals surface area contributed by atoms with Gasteiger partial charge in [-0.05, 0) is 24.3 Å². The van der Waals surface area contributed by atoms with Crippen LogP contribution in [0.1, 0.15) is 0 Å². The molecule has 4 aromatic rings. The Morgan fingerprint density at radius 3 is 1.59 bits per heavy atom. The molecule has 2 heterocycles. The topological polar surface area (TPSA) is 169 Å². The lowest BCUT2D eigenvalue weighted by molar-refractivity contribution is 0.262. The number of nitrogens with one attached hydrogen (secondary N) is 4. The average Bonchev–Trinajstić information content (AvgIpc) is 3.42. The van der Waals surface area contributed by atoms with Crippen LogP contribution >= 0.6 is 0 Å². The maximum atomic E-state index is 12.6. The zero-order valence-electron chi connectivity index (χ0n) is 17.4. The molecule has 0 saturated carbocycles. The lowest BCUT2D eigenvalue weighted by Crippen LogP contribution is -2.20. The van der Waals surface area contributed by atoms with E-state index in [-0.39, 0.29) is 0 Å². The molecule has 164 valence electrons. The Morgan fingerprint density at radius 1 is 0.812 bits per heavy atom. The summed E-state index contributed by atoms with van der Waals surface area (Å²) in [6.45, 7) is 0. The highest BCUT2D eigenvalue weighted by Crippen LogP contribution is 2.32. The number of H-pyrrole nitrogens is 2. The smallest absolute Gasteiger partial charge is 0.323 e. The maximum absolute atomic E-state index is 12.6. The van der Waals surface area contributed by atoms with Crippen molar-refractivity contribution in [3.63, 3.8) is 0 Å². The van der Waals surface area contributed by atoms with Crippen LogP contribution in [0.3, 0.4) is 0 Å². The Labute approximate surface area is 183 Å². The van der Waals surface area contributed by atoms with E-state index in [0.29, 0.717) is 34.8 Å². The van der Waals surface area contributed by atoms with E-state index in [1.165, 1.54) is 14.2 Å². The van der Waals surface area contributed by atoms with Gasteiger partial charge in [-0.1, -0.05) is 12.1 Å². The number of aromatic nitrogens is 4. The lowest BCUT2D eigenvalue weighted by atomic mass is 10.1. The summed E-state index contributed by atoms with van der Waals surface area (Å²) >= 11 is 0. The van der Waals surface area contributed by atoms with Crippen LogP contribution in [0.5, 0.6) is 11.5 Å². The summed E-state index contributed by atoms with van der Waals surface area (Å²) in [5.74, 6) is 1.59. The van der Waals surface area contributed by atoms with Crippen molar-refractivity contribution >= 4 is 29.3 Å². The minimum Gasteiger partial charge on any atom is -0.495 e. The van der Waals surface area contributed by atoms with Gasteiger partial charge in [-0.15, -0.1) is 0 Å². The van der Waals surface area contributed by atoms with Crippen LogP contribution in [0.4, 0.5) is 28.1 Å². The summed E-state index contributed by atoms with van der Waals surface area (Å²) in [6.07, 6.45) is 3.24. The second-order valence-electron chi connectivity index (χ2n) is 6.77. The Morgan fingerprint density at radius 2 is 1.25 bits per heavy atom. The van der Waals surface area contributed by atoms with Crippen LogP contribution in [0.25, 0.3) is 22.5 Å². The van der Waals surface area contributed by atoms with E-state index in [9.17, 15) is 4.79 Å². The Hall–Kier alpha value is -4.67. The number of benzene rings is 2. The third kappa shape index (κ3) is 4.26. The van der Waals surface area contributed by atoms with Crippen molar-refractivity contribution < 1.29 is 14.3 Å². The number of anilines is 4. The van der Waals surface area contributed by atoms with Gasteiger partial charge in [-0.2, -0.15) is 0 Å². The van der Waals surface area contributed by atoms with E-state index in [1.54, 1.807) is 36.7 Å². The molecule has 0 fully saturated rings. The van der Waals surface area contributed by atoms with Crippen molar-refractivity contribution in [2.45, 2.75) is 0 Å². The summed E-state index contributed by atoms with van der Waals surface area (Å²) < 4.78 is 10.8. The van der Waals surface area contributed by atoms with E-state index < -0.39 is 6.03 Å². The molecule has 0 aliphatic carbocycles. The molecule has 11 nitrogen and oxygen atoms in total. The molecule has 0 bridgehead atoms. The number of aromatic amines is 2. The Kier molecular flexibility index (Phi) is 5.53. The van der Waals surface area contributed by atoms with Crippen LogP contribution in [-0.2, 0) is 0 Å². The number of carbonyl (C=O) groups is 1. The van der Waals surface area contributed by atoms with E-state index >= 15 is 0 Å². The molecule has 2 amide bonds. The zero-order valence-corrected chi connectivity index (χ0v) is 17.4. The summed E-state index contributed by atoms with van der Waals surface area (Å²) in [5.41, 5.74) is 15.4. The first kappa shape index (κ1) is 20.6. The predicted molar refractivity (Wildman–Crippen MR) is 123 cm³/mol. The standard InChI is InChI=1S/C21H22N8O3/c1-31-17-7-11(15-9-24-19(22)26-15)3-5-13(17)28-21(30)29-14-6-4-12(8-18(14)32-2)16-10-25-20(23)27-16/h3-10H,1-2H3,(H3,22,24,26)(H3,23,25,27)(H2,28,29,30). The summed E-state index contributed by atoms with van der Waals surface area (Å²) in [5, 5.41) is 5.56. The Bertz CT molecular complexity index is 1170. The van der Waals surface area contributed by atoms with Gasteiger partial charge < -0.3 is 41.5 Å². The molecule has 2 aromatic carbocycles. The van der Waals surface area contributed by atoms with Crippen molar-refractivity contribution in [1.82, 2.24) is 19.9 Å². The largest absolute Gasteiger partial charge is 0.495 e. The first-order valence-corrected chi connectivity index (χ1v) is 9.52. The maximum Gasteiger partial charge on any atom is 0.323 e. The van der Waals surface area contributed by atoms with Gasteiger partial charge in [0.25, 0.3) is 0 Å².